The van der Waals surface area contributed by atoms with Gasteiger partial charge in [-0.3, -0.25) is 0 Å². The van der Waals surface area contributed by atoms with Gasteiger partial charge in [0.25, 0.3) is 0 Å². The van der Waals surface area contributed by atoms with Gasteiger partial charge < -0.3 is 4.90 Å². The summed E-state index contributed by atoms with van der Waals surface area (Å²) in [7, 11) is 4.10. The Morgan fingerprint density at radius 1 is 0.828 bits per heavy atom. The standard InChI is InChI=1S/C25H23N3S/c1-15(2)17-7-5-8-18-19-9-6-10-21(25(19)29-24(17)18)23-20-12-11-16(28(3)4)13-22(20)26-14-27-23/h5-15H,1-4H3. The SMILES string of the molecule is CC(C)c1cccc2c1sc1c(-c3ncnc4cc(N(C)C)ccc34)cccc12. The molecule has 0 atom stereocenters. The Bertz CT molecular complexity index is 1370. The fourth-order valence-electron chi connectivity index (χ4n) is 4.02. The van der Waals surface area contributed by atoms with Crippen molar-refractivity contribution in [2.24, 2.45) is 0 Å². The first-order valence-electron chi connectivity index (χ1n) is 9.91. The zero-order valence-electron chi connectivity index (χ0n) is 17.1. The van der Waals surface area contributed by atoms with Crippen LogP contribution in [0.15, 0.2) is 60.9 Å². The molecule has 3 nitrogen and oxygen atoms in total. The highest BCUT2D eigenvalue weighted by Crippen LogP contribution is 2.43. The molecule has 0 amide bonds. The van der Waals surface area contributed by atoms with Crippen molar-refractivity contribution >= 4 is 48.1 Å². The number of hydrogen-bond donors (Lipinski definition) is 0. The van der Waals surface area contributed by atoms with Crippen LogP contribution >= 0.6 is 11.3 Å². The number of thiophene rings is 1. The summed E-state index contributed by atoms with van der Waals surface area (Å²) in [6, 6.07) is 19.7. The second kappa shape index (κ2) is 6.82. The summed E-state index contributed by atoms with van der Waals surface area (Å²) in [4.78, 5) is 11.3. The second-order valence-corrected chi connectivity index (χ2v) is 9.00. The molecule has 0 aliphatic carbocycles. The van der Waals surface area contributed by atoms with Crippen molar-refractivity contribution < 1.29 is 0 Å². The van der Waals surface area contributed by atoms with Crippen LogP contribution in [0.5, 0.6) is 0 Å². The maximum Gasteiger partial charge on any atom is 0.116 e. The highest BCUT2D eigenvalue weighted by molar-refractivity contribution is 7.26. The molecule has 0 spiro atoms. The summed E-state index contributed by atoms with van der Waals surface area (Å²) in [5.74, 6) is 0.500. The molecule has 4 heteroatoms. The quantitative estimate of drug-likeness (QED) is 0.333. The number of fused-ring (bicyclic) bond motifs is 4. The van der Waals surface area contributed by atoms with Gasteiger partial charge in [-0.05, 0) is 29.7 Å². The fraction of sp³-hybridized carbons (Fsp3) is 0.200. The lowest BCUT2D eigenvalue weighted by Crippen LogP contribution is -2.08. The molecule has 0 aliphatic heterocycles. The Hall–Kier alpha value is -2.98. The lowest BCUT2D eigenvalue weighted by atomic mass is 9.99. The van der Waals surface area contributed by atoms with E-state index in [4.69, 9.17) is 4.98 Å². The van der Waals surface area contributed by atoms with E-state index in [1.165, 1.54) is 31.3 Å². The predicted octanol–water partition coefficient (Wildman–Crippen LogP) is 6.85. The van der Waals surface area contributed by atoms with Gasteiger partial charge in [0.1, 0.15) is 6.33 Å². The molecular formula is C25H23N3S. The van der Waals surface area contributed by atoms with Crippen LogP contribution < -0.4 is 4.90 Å². The van der Waals surface area contributed by atoms with Gasteiger partial charge in [0.15, 0.2) is 0 Å². The van der Waals surface area contributed by atoms with Crippen molar-refractivity contribution in [1.82, 2.24) is 9.97 Å². The average Bonchev–Trinajstić information content (AvgIpc) is 3.11. The van der Waals surface area contributed by atoms with Gasteiger partial charge in [0, 0.05) is 50.9 Å². The van der Waals surface area contributed by atoms with E-state index in [9.17, 15) is 0 Å². The van der Waals surface area contributed by atoms with Crippen LogP contribution in [0.2, 0.25) is 0 Å². The van der Waals surface area contributed by atoms with Gasteiger partial charge in [-0.15, -0.1) is 11.3 Å². The monoisotopic (exact) mass is 397 g/mol. The van der Waals surface area contributed by atoms with Crippen molar-refractivity contribution in [1.29, 1.82) is 0 Å². The van der Waals surface area contributed by atoms with E-state index in [0.717, 1.165) is 22.3 Å². The molecule has 3 aromatic carbocycles. The molecule has 0 unspecified atom stereocenters. The summed E-state index contributed by atoms with van der Waals surface area (Å²) >= 11 is 1.89. The van der Waals surface area contributed by atoms with E-state index in [-0.39, 0.29) is 0 Å². The minimum atomic E-state index is 0.500. The molecule has 0 saturated carbocycles. The van der Waals surface area contributed by atoms with Gasteiger partial charge in [-0.2, -0.15) is 0 Å². The lowest BCUT2D eigenvalue weighted by Gasteiger charge is -2.13. The Morgan fingerprint density at radius 2 is 1.59 bits per heavy atom. The van der Waals surface area contributed by atoms with Crippen LogP contribution in [0.25, 0.3) is 42.3 Å². The number of rotatable bonds is 3. The van der Waals surface area contributed by atoms with Crippen LogP contribution in [-0.4, -0.2) is 24.1 Å². The van der Waals surface area contributed by atoms with E-state index < -0.39 is 0 Å². The maximum absolute atomic E-state index is 4.71. The highest BCUT2D eigenvalue weighted by Gasteiger charge is 2.16. The van der Waals surface area contributed by atoms with E-state index in [1.54, 1.807) is 6.33 Å². The smallest absolute Gasteiger partial charge is 0.116 e. The Labute approximate surface area is 174 Å². The third kappa shape index (κ3) is 2.87. The molecule has 29 heavy (non-hydrogen) atoms. The second-order valence-electron chi connectivity index (χ2n) is 7.98. The third-order valence-corrected chi connectivity index (χ3v) is 6.87. The van der Waals surface area contributed by atoms with E-state index in [2.05, 4.69) is 78.3 Å². The summed E-state index contributed by atoms with van der Waals surface area (Å²) < 4.78 is 2.69. The largest absolute Gasteiger partial charge is 0.378 e. The fourth-order valence-corrected chi connectivity index (χ4v) is 5.50. The number of hydrogen-bond acceptors (Lipinski definition) is 4. The van der Waals surface area contributed by atoms with Crippen molar-refractivity contribution in [3.8, 4) is 11.3 Å². The van der Waals surface area contributed by atoms with Gasteiger partial charge in [-0.1, -0.05) is 50.2 Å². The molecule has 0 N–H and O–H groups in total. The first kappa shape index (κ1) is 18.1. The Kier molecular flexibility index (Phi) is 4.25. The number of benzene rings is 3. The molecule has 0 aliphatic rings. The molecule has 5 aromatic rings. The minimum Gasteiger partial charge on any atom is -0.378 e. The van der Waals surface area contributed by atoms with Crippen molar-refractivity contribution in [2.75, 3.05) is 19.0 Å². The number of anilines is 1. The highest BCUT2D eigenvalue weighted by atomic mass is 32.1. The van der Waals surface area contributed by atoms with Crippen LogP contribution in [0.4, 0.5) is 5.69 Å². The van der Waals surface area contributed by atoms with Crippen molar-refractivity contribution in [3.05, 3.63) is 66.5 Å². The first-order chi connectivity index (χ1) is 14.0. The summed E-state index contributed by atoms with van der Waals surface area (Å²) in [6.07, 6.45) is 1.68. The van der Waals surface area contributed by atoms with E-state index >= 15 is 0 Å². The van der Waals surface area contributed by atoms with E-state index in [1.807, 2.05) is 25.4 Å². The number of aromatic nitrogens is 2. The van der Waals surface area contributed by atoms with E-state index in [0.29, 0.717) is 5.92 Å². The molecule has 5 rings (SSSR count). The normalized spacial score (nSPS) is 11.8. The average molecular weight is 398 g/mol. The van der Waals surface area contributed by atoms with Crippen LogP contribution in [0, 0.1) is 0 Å². The molecular weight excluding hydrogens is 374 g/mol. The molecule has 2 heterocycles. The number of nitrogens with zero attached hydrogens (tertiary/aromatic N) is 3. The summed E-state index contributed by atoms with van der Waals surface area (Å²) in [6.45, 7) is 4.53. The summed E-state index contributed by atoms with van der Waals surface area (Å²) in [5, 5.41) is 3.74. The maximum atomic E-state index is 4.71. The molecule has 0 radical (unpaired) electrons. The first-order valence-corrected chi connectivity index (χ1v) is 10.7. The molecule has 0 fully saturated rings. The predicted molar refractivity (Wildman–Crippen MR) is 126 cm³/mol. The van der Waals surface area contributed by atoms with Gasteiger partial charge in [0.05, 0.1) is 11.2 Å². The third-order valence-electron chi connectivity index (χ3n) is 5.57. The Morgan fingerprint density at radius 3 is 2.34 bits per heavy atom. The topological polar surface area (TPSA) is 29.0 Å². The molecule has 0 saturated heterocycles. The van der Waals surface area contributed by atoms with Crippen LogP contribution in [-0.2, 0) is 0 Å². The van der Waals surface area contributed by atoms with Crippen LogP contribution in [0.1, 0.15) is 25.3 Å². The van der Waals surface area contributed by atoms with Gasteiger partial charge in [-0.25, -0.2) is 9.97 Å². The zero-order chi connectivity index (χ0) is 20.1. The Balaban J connectivity index is 1.82. The van der Waals surface area contributed by atoms with Gasteiger partial charge >= 0.3 is 0 Å². The summed E-state index contributed by atoms with van der Waals surface area (Å²) in [5.41, 5.74) is 5.72. The molecule has 144 valence electrons. The van der Waals surface area contributed by atoms with Gasteiger partial charge in [0.2, 0.25) is 0 Å². The zero-order valence-corrected chi connectivity index (χ0v) is 17.9. The lowest BCUT2D eigenvalue weighted by molar-refractivity contribution is 0.878. The van der Waals surface area contributed by atoms with Crippen LogP contribution in [0.3, 0.4) is 0 Å². The van der Waals surface area contributed by atoms with Crippen molar-refractivity contribution in [3.63, 3.8) is 0 Å². The van der Waals surface area contributed by atoms with Crippen molar-refractivity contribution in [2.45, 2.75) is 19.8 Å². The minimum absolute atomic E-state index is 0.500. The molecule has 2 aromatic heterocycles. The molecule has 0 bridgehead atoms.